The van der Waals surface area contributed by atoms with Crippen LogP contribution in [-0.2, 0) is 26.2 Å². The monoisotopic (exact) mass is 529 g/mol. The van der Waals surface area contributed by atoms with Crippen molar-refractivity contribution in [2.75, 3.05) is 24.2 Å². The zero-order valence-corrected chi connectivity index (χ0v) is 23.3. The zero-order valence-electron chi connectivity index (χ0n) is 22.5. The van der Waals surface area contributed by atoms with Crippen molar-refractivity contribution in [2.24, 2.45) is 0 Å². The molecule has 1 aliphatic rings. The molecule has 0 saturated heterocycles. The summed E-state index contributed by atoms with van der Waals surface area (Å²) in [6.07, 6.45) is 5.50. The number of hydrogen-bond acceptors (Lipinski definition) is 5. The summed E-state index contributed by atoms with van der Waals surface area (Å²) in [5, 5.41) is 3.12. The van der Waals surface area contributed by atoms with Crippen molar-refractivity contribution in [2.45, 2.75) is 71.5 Å². The number of rotatable bonds is 11. The van der Waals surface area contributed by atoms with Gasteiger partial charge >= 0.3 is 0 Å². The molecule has 9 heteroatoms. The van der Waals surface area contributed by atoms with Gasteiger partial charge in [0, 0.05) is 12.6 Å². The van der Waals surface area contributed by atoms with E-state index in [4.69, 9.17) is 4.74 Å². The number of hydrogen-bond donors (Lipinski definition) is 1. The van der Waals surface area contributed by atoms with Gasteiger partial charge in [-0.15, -0.1) is 0 Å². The minimum atomic E-state index is -3.84. The summed E-state index contributed by atoms with van der Waals surface area (Å²) in [6, 6.07) is 12.3. The van der Waals surface area contributed by atoms with Crippen LogP contribution in [0.1, 0.15) is 55.7 Å². The maximum atomic E-state index is 13.9. The summed E-state index contributed by atoms with van der Waals surface area (Å²) in [7, 11) is -2.38. The number of ether oxygens (including phenoxy) is 1. The summed E-state index contributed by atoms with van der Waals surface area (Å²) in [4.78, 5) is 28.8. The molecule has 0 bridgehead atoms. The van der Waals surface area contributed by atoms with E-state index in [-0.39, 0.29) is 24.2 Å². The third-order valence-electron chi connectivity index (χ3n) is 6.81. The molecule has 1 saturated carbocycles. The normalized spacial score (nSPS) is 14.7. The third-order valence-corrected chi connectivity index (χ3v) is 7.93. The lowest BCUT2D eigenvalue weighted by atomic mass is 10.1. The Balaban J connectivity index is 1.97. The van der Waals surface area contributed by atoms with E-state index in [1.165, 1.54) is 12.0 Å². The summed E-state index contributed by atoms with van der Waals surface area (Å²) in [5.74, 6) is -0.307. The fourth-order valence-electron chi connectivity index (χ4n) is 4.88. The van der Waals surface area contributed by atoms with Gasteiger partial charge in [0.05, 0.1) is 19.1 Å². The topological polar surface area (TPSA) is 96.0 Å². The van der Waals surface area contributed by atoms with Crippen LogP contribution in [0.3, 0.4) is 0 Å². The second-order valence-corrected chi connectivity index (χ2v) is 11.8. The van der Waals surface area contributed by atoms with Gasteiger partial charge in [0.2, 0.25) is 21.8 Å². The van der Waals surface area contributed by atoms with Crippen molar-refractivity contribution in [1.29, 1.82) is 0 Å². The van der Waals surface area contributed by atoms with Crippen LogP contribution < -0.4 is 14.4 Å². The van der Waals surface area contributed by atoms with E-state index >= 15 is 0 Å². The van der Waals surface area contributed by atoms with Gasteiger partial charge in [0.25, 0.3) is 0 Å². The molecule has 1 fully saturated rings. The number of anilines is 1. The number of sulfonamides is 1. The van der Waals surface area contributed by atoms with Crippen molar-refractivity contribution >= 4 is 27.5 Å². The average molecular weight is 530 g/mol. The van der Waals surface area contributed by atoms with Crippen LogP contribution in [0.25, 0.3) is 0 Å². The Morgan fingerprint density at radius 3 is 2.35 bits per heavy atom. The molecule has 8 nitrogen and oxygen atoms in total. The van der Waals surface area contributed by atoms with Gasteiger partial charge in [0.15, 0.2) is 0 Å². The maximum Gasteiger partial charge on any atom is 0.244 e. The Morgan fingerprint density at radius 1 is 1.08 bits per heavy atom. The maximum absolute atomic E-state index is 13.9. The van der Waals surface area contributed by atoms with E-state index in [9.17, 15) is 18.0 Å². The van der Waals surface area contributed by atoms with Gasteiger partial charge in [-0.3, -0.25) is 13.9 Å². The molecular formula is C28H39N3O5S. The Bertz CT molecular complexity index is 1210. The standard InChI is InChI=1S/C28H39N3O5S/c1-6-24(28(33)29-23-12-7-8-13-23)30(18-22-11-9-10-20(2)16-22)27(32)19-31(37(5,34)35)25-17-21(3)14-15-26(25)36-4/h9-11,14-17,23-24H,6-8,12-13,18-19H2,1-5H3,(H,29,33)/t24-/m0/s1. The lowest BCUT2D eigenvalue weighted by Crippen LogP contribution is -2.53. The minimum Gasteiger partial charge on any atom is -0.495 e. The van der Waals surface area contributed by atoms with Crippen LogP contribution in [-0.4, -0.2) is 57.1 Å². The summed E-state index contributed by atoms with van der Waals surface area (Å²) in [5.41, 5.74) is 3.03. The first-order valence-corrected chi connectivity index (χ1v) is 14.7. The van der Waals surface area contributed by atoms with Crippen LogP contribution in [0.2, 0.25) is 0 Å². The van der Waals surface area contributed by atoms with E-state index < -0.39 is 28.5 Å². The van der Waals surface area contributed by atoms with Crippen LogP contribution in [0.5, 0.6) is 5.75 Å². The lowest BCUT2D eigenvalue weighted by molar-refractivity contribution is -0.140. The molecule has 0 spiro atoms. The van der Waals surface area contributed by atoms with Gasteiger partial charge in [-0.25, -0.2) is 8.42 Å². The van der Waals surface area contributed by atoms with Crippen LogP contribution in [0.4, 0.5) is 5.69 Å². The zero-order chi connectivity index (χ0) is 27.2. The Morgan fingerprint density at radius 2 is 1.76 bits per heavy atom. The first-order chi connectivity index (χ1) is 17.5. The molecule has 2 aromatic rings. The molecule has 1 N–H and O–H groups in total. The van der Waals surface area contributed by atoms with Gasteiger partial charge in [-0.1, -0.05) is 55.7 Å². The summed E-state index contributed by atoms with van der Waals surface area (Å²) in [6.45, 7) is 5.43. The summed E-state index contributed by atoms with van der Waals surface area (Å²) < 4.78 is 32.3. The highest BCUT2D eigenvalue weighted by Gasteiger charge is 2.33. The van der Waals surface area contributed by atoms with Crippen LogP contribution in [0.15, 0.2) is 42.5 Å². The Labute approximate surface area is 221 Å². The van der Waals surface area contributed by atoms with Gasteiger partial charge in [0.1, 0.15) is 18.3 Å². The number of aryl methyl sites for hydroxylation is 2. The number of amides is 2. The molecule has 0 unspecified atom stereocenters. The molecule has 0 heterocycles. The van der Waals surface area contributed by atoms with Crippen LogP contribution in [0, 0.1) is 13.8 Å². The molecule has 0 aliphatic heterocycles. The number of nitrogens with one attached hydrogen (secondary N) is 1. The number of carbonyl (C=O) groups is 2. The van der Waals surface area contributed by atoms with E-state index in [0.29, 0.717) is 12.2 Å². The minimum absolute atomic E-state index is 0.113. The number of methoxy groups -OCH3 is 1. The molecule has 202 valence electrons. The van der Waals surface area contributed by atoms with E-state index in [2.05, 4.69) is 5.32 Å². The summed E-state index contributed by atoms with van der Waals surface area (Å²) >= 11 is 0. The molecule has 0 radical (unpaired) electrons. The lowest BCUT2D eigenvalue weighted by Gasteiger charge is -2.33. The van der Waals surface area contributed by atoms with Gasteiger partial charge < -0.3 is 15.0 Å². The highest BCUT2D eigenvalue weighted by atomic mass is 32.2. The van der Waals surface area contributed by atoms with Crippen molar-refractivity contribution in [3.05, 3.63) is 59.2 Å². The third kappa shape index (κ3) is 7.47. The van der Waals surface area contributed by atoms with E-state index in [0.717, 1.165) is 52.9 Å². The smallest absolute Gasteiger partial charge is 0.244 e. The molecule has 3 rings (SSSR count). The fourth-order valence-corrected chi connectivity index (χ4v) is 5.73. The quantitative estimate of drug-likeness (QED) is 0.476. The largest absolute Gasteiger partial charge is 0.495 e. The Hall–Kier alpha value is -3.07. The van der Waals surface area contributed by atoms with Gasteiger partial charge in [-0.05, 0) is 56.4 Å². The fraction of sp³-hybridized carbons (Fsp3) is 0.500. The molecule has 37 heavy (non-hydrogen) atoms. The predicted molar refractivity (Wildman–Crippen MR) is 146 cm³/mol. The molecular weight excluding hydrogens is 490 g/mol. The van der Waals surface area contributed by atoms with Gasteiger partial charge in [-0.2, -0.15) is 0 Å². The molecule has 2 aromatic carbocycles. The average Bonchev–Trinajstić information content (AvgIpc) is 3.34. The van der Waals surface area contributed by atoms with Crippen molar-refractivity contribution < 1.29 is 22.7 Å². The van der Waals surface area contributed by atoms with Crippen molar-refractivity contribution in [1.82, 2.24) is 10.2 Å². The first-order valence-electron chi connectivity index (χ1n) is 12.8. The Kier molecular flexibility index (Phi) is 9.59. The number of nitrogens with zero attached hydrogens (tertiary/aromatic N) is 2. The van der Waals surface area contributed by atoms with Crippen LogP contribution >= 0.6 is 0 Å². The first kappa shape index (κ1) is 28.5. The highest BCUT2D eigenvalue weighted by Crippen LogP contribution is 2.31. The number of benzene rings is 2. The van der Waals surface area contributed by atoms with Crippen molar-refractivity contribution in [3.63, 3.8) is 0 Å². The van der Waals surface area contributed by atoms with E-state index in [1.54, 1.807) is 12.1 Å². The SMILES string of the molecule is CC[C@@H](C(=O)NC1CCCC1)N(Cc1cccc(C)c1)C(=O)CN(c1cc(C)ccc1OC)S(C)(=O)=O. The second kappa shape index (κ2) is 12.4. The predicted octanol–water partition coefficient (Wildman–Crippen LogP) is 3.94. The highest BCUT2D eigenvalue weighted by molar-refractivity contribution is 7.92. The molecule has 1 aliphatic carbocycles. The number of carbonyl (C=O) groups excluding carboxylic acids is 2. The van der Waals surface area contributed by atoms with E-state index in [1.807, 2.05) is 51.1 Å². The molecule has 1 atom stereocenters. The second-order valence-electron chi connectivity index (χ2n) is 9.87. The molecule has 2 amide bonds. The molecule has 0 aromatic heterocycles. The van der Waals surface area contributed by atoms with Crippen molar-refractivity contribution in [3.8, 4) is 5.75 Å².